The van der Waals surface area contributed by atoms with Crippen molar-refractivity contribution in [1.29, 1.82) is 5.26 Å². The molecule has 1 aromatic rings. The number of hydrogen-bond donors (Lipinski definition) is 2. The topological polar surface area (TPSA) is 142 Å². The van der Waals surface area contributed by atoms with Crippen LogP contribution in [0.3, 0.4) is 0 Å². The molecule has 1 rings (SSSR count). The number of benzene rings is 1. The molecule has 0 aliphatic heterocycles. The van der Waals surface area contributed by atoms with E-state index in [4.69, 9.17) is 10.4 Å². The number of aliphatic hydroxyl groups is 1. The molecular formula is C10H6N2O6. The van der Waals surface area contributed by atoms with Gasteiger partial charge >= 0.3 is 5.97 Å². The molecule has 92 valence electrons. The van der Waals surface area contributed by atoms with Gasteiger partial charge in [0.25, 0.3) is 5.69 Å². The second-order valence-electron chi connectivity index (χ2n) is 3.19. The summed E-state index contributed by atoms with van der Waals surface area (Å²) in [7, 11) is 0. The molecule has 1 unspecified atom stereocenters. The SMILES string of the molecule is N#Cc1c([N+](=O)[O-])ccc(C=O)c1C(O)C(=O)O. The van der Waals surface area contributed by atoms with E-state index >= 15 is 0 Å². The van der Waals surface area contributed by atoms with Crippen LogP contribution in [0, 0.1) is 21.4 Å². The monoisotopic (exact) mass is 250 g/mol. The van der Waals surface area contributed by atoms with Crippen molar-refractivity contribution in [2.45, 2.75) is 6.10 Å². The van der Waals surface area contributed by atoms with Crippen molar-refractivity contribution in [3.05, 3.63) is 38.9 Å². The van der Waals surface area contributed by atoms with E-state index in [9.17, 15) is 24.8 Å². The molecule has 2 N–H and O–H groups in total. The van der Waals surface area contributed by atoms with Crippen LogP contribution >= 0.6 is 0 Å². The van der Waals surface area contributed by atoms with Gasteiger partial charge in [-0.1, -0.05) is 0 Å². The van der Waals surface area contributed by atoms with Crippen molar-refractivity contribution in [3.8, 4) is 6.07 Å². The second-order valence-corrected chi connectivity index (χ2v) is 3.19. The van der Waals surface area contributed by atoms with Gasteiger partial charge in [-0.05, 0) is 6.07 Å². The van der Waals surface area contributed by atoms with Crippen LogP contribution < -0.4 is 0 Å². The number of nitrogens with zero attached hydrogens (tertiary/aromatic N) is 2. The molecule has 0 saturated carbocycles. The molecule has 0 aliphatic carbocycles. The number of carboxylic acid groups (broad SMARTS) is 1. The number of aliphatic hydroxyl groups excluding tert-OH is 1. The maximum Gasteiger partial charge on any atom is 0.337 e. The van der Waals surface area contributed by atoms with E-state index in [1.807, 2.05) is 0 Å². The first-order valence-electron chi connectivity index (χ1n) is 4.51. The predicted molar refractivity (Wildman–Crippen MR) is 55.8 cm³/mol. The minimum Gasteiger partial charge on any atom is -0.479 e. The summed E-state index contributed by atoms with van der Waals surface area (Å²) in [5, 5.41) is 37.5. The molecule has 1 atom stereocenters. The molecule has 8 nitrogen and oxygen atoms in total. The highest BCUT2D eigenvalue weighted by Gasteiger charge is 2.29. The van der Waals surface area contributed by atoms with Crippen LogP contribution in [0.25, 0.3) is 0 Å². The second kappa shape index (κ2) is 5.03. The van der Waals surface area contributed by atoms with E-state index in [1.54, 1.807) is 0 Å². The van der Waals surface area contributed by atoms with Gasteiger partial charge in [-0.3, -0.25) is 14.9 Å². The highest BCUT2D eigenvalue weighted by molar-refractivity contribution is 5.86. The first kappa shape index (κ1) is 13.3. The van der Waals surface area contributed by atoms with E-state index in [0.29, 0.717) is 0 Å². The van der Waals surface area contributed by atoms with Crippen LogP contribution in [-0.4, -0.2) is 27.4 Å². The summed E-state index contributed by atoms with van der Waals surface area (Å²) in [6.07, 6.45) is -1.97. The van der Waals surface area contributed by atoms with Gasteiger partial charge in [-0.25, -0.2) is 4.79 Å². The standard InChI is InChI=1S/C10H6N2O6/c11-3-6-7(12(17)18)2-1-5(4-13)8(6)9(14)10(15)16/h1-2,4,9,14H,(H,15,16). The summed E-state index contributed by atoms with van der Waals surface area (Å²) in [5.41, 5.74) is -2.17. The highest BCUT2D eigenvalue weighted by Crippen LogP contribution is 2.29. The van der Waals surface area contributed by atoms with Crippen LogP contribution in [0.5, 0.6) is 0 Å². The summed E-state index contributed by atoms with van der Waals surface area (Å²) in [5.74, 6) is -1.71. The summed E-state index contributed by atoms with van der Waals surface area (Å²) in [6, 6.07) is 3.31. The Bertz CT molecular complexity index is 574. The number of carboxylic acids is 1. The third kappa shape index (κ3) is 2.16. The van der Waals surface area contributed by atoms with E-state index in [-0.39, 0.29) is 11.8 Å². The van der Waals surface area contributed by atoms with Gasteiger partial charge < -0.3 is 10.2 Å². The zero-order valence-electron chi connectivity index (χ0n) is 8.73. The van der Waals surface area contributed by atoms with Crippen molar-refractivity contribution in [1.82, 2.24) is 0 Å². The maximum atomic E-state index is 10.7. The van der Waals surface area contributed by atoms with Crippen molar-refractivity contribution in [2.24, 2.45) is 0 Å². The number of nitriles is 1. The Kier molecular flexibility index (Phi) is 3.71. The Morgan fingerprint density at radius 1 is 1.56 bits per heavy atom. The fraction of sp³-hybridized carbons (Fsp3) is 0.100. The van der Waals surface area contributed by atoms with Crippen molar-refractivity contribution in [3.63, 3.8) is 0 Å². The largest absolute Gasteiger partial charge is 0.479 e. The average Bonchev–Trinajstić information content (AvgIpc) is 2.35. The van der Waals surface area contributed by atoms with Gasteiger partial charge in [-0.2, -0.15) is 5.26 Å². The number of carbonyl (C=O) groups is 2. The van der Waals surface area contributed by atoms with Gasteiger partial charge in [0.15, 0.2) is 6.10 Å². The molecule has 0 heterocycles. The van der Waals surface area contributed by atoms with E-state index in [2.05, 4.69) is 0 Å². The number of hydrogen-bond acceptors (Lipinski definition) is 6. The number of rotatable bonds is 4. The van der Waals surface area contributed by atoms with Crippen LogP contribution in [0.1, 0.15) is 27.6 Å². The van der Waals surface area contributed by atoms with Gasteiger partial charge in [0.2, 0.25) is 0 Å². The quantitative estimate of drug-likeness (QED) is 0.447. The Labute approximate surface area is 99.8 Å². The minimum atomic E-state index is -2.18. The molecule has 0 saturated heterocycles. The Hall–Kier alpha value is -2.79. The van der Waals surface area contributed by atoms with Gasteiger partial charge in [0, 0.05) is 17.2 Å². The molecule has 1 aromatic carbocycles. The van der Waals surface area contributed by atoms with Gasteiger partial charge in [0.1, 0.15) is 17.9 Å². The fourth-order valence-corrected chi connectivity index (χ4v) is 1.41. The molecule has 0 radical (unpaired) electrons. The Balaban J connectivity index is 3.68. The molecule has 0 aliphatic rings. The third-order valence-corrected chi connectivity index (χ3v) is 2.20. The first-order chi connectivity index (χ1) is 8.43. The molecule has 0 amide bonds. The summed E-state index contributed by atoms with van der Waals surface area (Å²) >= 11 is 0. The number of carbonyl (C=O) groups excluding carboxylic acids is 1. The van der Waals surface area contributed by atoms with Crippen LogP contribution in [0.4, 0.5) is 5.69 Å². The van der Waals surface area contributed by atoms with E-state index in [1.165, 1.54) is 6.07 Å². The first-order valence-corrected chi connectivity index (χ1v) is 4.51. The maximum absolute atomic E-state index is 10.7. The fourth-order valence-electron chi connectivity index (χ4n) is 1.41. The average molecular weight is 250 g/mol. The zero-order chi connectivity index (χ0) is 13.9. The Morgan fingerprint density at radius 2 is 2.17 bits per heavy atom. The summed E-state index contributed by atoms with van der Waals surface area (Å²) in [6.45, 7) is 0. The minimum absolute atomic E-state index is 0.214. The smallest absolute Gasteiger partial charge is 0.337 e. The van der Waals surface area contributed by atoms with Crippen LogP contribution in [0.2, 0.25) is 0 Å². The lowest BCUT2D eigenvalue weighted by Crippen LogP contribution is -2.15. The predicted octanol–water partition coefficient (Wildman–Crippen LogP) is 0.397. The van der Waals surface area contributed by atoms with E-state index in [0.717, 1.165) is 12.1 Å². The summed E-state index contributed by atoms with van der Waals surface area (Å²) < 4.78 is 0. The number of nitro benzene ring substituents is 1. The molecule has 0 aromatic heterocycles. The lowest BCUT2D eigenvalue weighted by atomic mass is 9.96. The van der Waals surface area contributed by atoms with Crippen molar-refractivity contribution >= 4 is 17.9 Å². The number of nitro groups is 1. The van der Waals surface area contributed by atoms with Crippen LogP contribution in [-0.2, 0) is 4.79 Å². The van der Waals surface area contributed by atoms with Gasteiger partial charge in [-0.15, -0.1) is 0 Å². The molecule has 18 heavy (non-hydrogen) atoms. The lowest BCUT2D eigenvalue weighted by Gasteiger charge is -2.10. The van der Waals surface area contributed by atoms with E-state index < -0.39 is 33.8 Å². The van der Waals surface area contributed by atoms with Crippen molar-refractivity contribution in [2.75, 3.05) is 0 Å². The molecular weight excluding hydrogens is 244 g/mol. The number of aldehydes is 1. The normalized spacial score (nSPS) is 11.3. The van der Waals surface area contributed by atoms with Crippen LogP contribution in [0.15, 0.2) is 12.1 Å². The zero-order valence-corrected chi connectivity index (χ0v) is 8.73. The lowest BCUT2D eigenvalue weighted by molar-refractivity contribution is -0.385. The summed E-state index contributed by atoms with van der Waals surface area (Å²) in [4.78, 5) is 31.2. The molecule has 0 spiro atoms. The highest BCUT2D eigenvalue weighted by atomic mass is 16.6. The molecule has 8 heteroatoms. The number of aliphatic carboxylic acids is 1. The molecule has 0 bridgehead atoms. The van der Waals surface area contributed by atoms with Gasteiger partial charge in [0.05, 0.1) is 4.92 Å². The third-order valence-electron chi connectivity index (χ3n) is 2.20. The molecule has 0 fully saturated rings. The van der Waals surface area contributed by atoms with Crippen molar-refractivity contribution < 1.29 is 24.7 Å². The Morgan fingerprint density at radius 3 is 2.56 bits per heavy atom.